The zero-order valence-corrected chi connectivity index (χ0v) is 10.4. The molecule has 2 heterocycles. The van der Waals surface area contributed by atoms with Gasteiger partial charge in [-0.05, 0) is 11.5 Å². The summed E-state index contributed by atoms with van der Waals surface area (Å²) in [5.41, 5.74) is 1.14. The molecule has 0 amide bonds. The van der Waals surface area contributed by atoms with Crippen LogP contribution in [0.25, 0.3) is 10.8 Å². The van der Waals surface area contributed by atoms with E-state index < -0.39 is 0 Å². The van der Waals surface area contributed by atoms with Gasteiger partial charge in [0.05, 0.1) is 12.1 Å². The molecule has 5 heteroatoms. The zero-order valence-electron chi connectivity index (χ0n) is 10.4. The Morgan fingerprint density at radius 2 is 2.11 bits per heavy atom. The number of Topliss-reactive ketones (excluding diaryl/α,β-unsaturated/α-hetero) is 1. The van der Waals surface area contributed by atoms with Crippen LogP contribution in [0.2, 0.25) is 0 Å². The van der Waals surface area contributed by atoms with Gasteiger partial charge in [-0.2, -0.15) is 0 Å². The van der Waals surface area contributed by atoms with Gasteiger partial charge in [0.2, 0.25) is 0 Å². The second-order valence-electron chi connectivity index (χ2n) is 4.36. The molecule has 5 nitrogen and oxygen atoms in total. The van der Waals surface area contributed by atoms with Crippen LogP contribution in [0.3, 0.4) is 0 Å². The van der Waals surface area contributed by atoms with E-state index in [4.69, 9.17) is 0 Å². The van der Waals surface area contributed by atoms with Crippen LogP contribution in [0, 0.1) is 0 Å². The normalized spacial score (nSPS) is 10.8. The second-order valence-corrected chi connectivity index (χ2v) is 4.36. The van der Waals surface area contributed by atoms with Crippen LogP contribution >= 0.6 is 0 Å². The highest BCUT2D eigenvalue weighted by Crippen LogP contribution is 2.17. The van der Waals surface area contributed by atoms with Crippen LogP contribution in [-0.4, -0.2) is 25.8 Å². The molecule has 0 atom stereocenters. The lowest BCUT2D eigenvalue weighted by Gasteiger charge is -2.03. The van der Waals surface area contributed by atoms with Crippen molar-refractivity contribution in [3.8, 4) is 0 Å². The third kappa shape index (κ3) is 2.22. The summed E-state index contributed by atoms with van der Waals surface area (Å²) in [4.78, 5) is 16.5. The average Bonchev–Trinajstić information content (AvgIpc) is 2.83. The number of ketones is 1. The minimum Gasteiger partial charge on any atom is -0.292 e. The molecule has 0 unspecified atom stereocenters. The van der Waals surface area contributed by atoms with E-state index in [-0.39, 0.29) is 12.2 Å². The number of carbonyl (C=O) groups is 1. The Bertz CT molecular complexity index is 743. The number of hydrogen-bond acceptors (Lipinski definition) is 4. The minimum atomic E-state index is -0.0442. The van der Waals surface area contributed by atoms with Crippen LogP contribution in [0.1, 0.15) is 16.2 Å². The fourth-order valence-electron chi connectivity index (χ4n) is 2.07. The molecule has 19 heavy (non-hydrogen) atoms. The predicted molar refractivity (Wildman–Crippen MR) is 70.8 cm³/mol. The number of aryl methyl sites for hydroxylation is 1. The van der Waals surface area contributed by atoms with E-state index in [1.54, 1.807) is 24.1 Å². The van der Waals surface area contributed by atoms with Gasteiger partial charge in [-0.25, -0.2) is 0 Å². The van der Waals surface area contributed by atoms with Gasteiger partial charge in [0.25, 0.3) is 0 Å². The fourth-order valence-corrected chi connectivity index (χ4v) is 2.07. The zero-order chi connectivity index (χ0) is 13.2. The number of aromatic nitrogens is 4. The van der Waals surface area contributed by atoms with Gasteiger partial charge in [-0.1, -0.05) is 29.5 Å². The maximum absolute atomic E-state index is 12.3. The van der Waals surface area contributed by atoms with Crippen molar-refractivity contribution in [1.82, 2.24) is 20.0 Å². The summed E-state index contributed by atoms with van der Waals surface area (Å²) in [5.74, 6) is -0.0442. The van der Waals surface area contributed by atoms with Crippen molar-refractivity contribution in [3.63, 3.8) is 0 Å². The molecule has 0 spiro atoms. The average molecular weight is 252 g/mol. The highest BCUT2D eigenvalue weighted by atomic mass is 16.1. The number of hydrogen-bond donors (Lipinski definition) is 0. The third-order valence-electron chi connectivity index (χ3n) is 2.93. The monoisotopic (exact) mass is 252 g/mol. The lowest BCUT2D eigenvalue weighted by Crippen LogP contribution is -2.07. The molecule has 0 aliphatic heterocycles. The van der Waals surface area contributed by atoms with Crippen LogP contribution in [0.5, 0.6) is 0 Å². The number of fused-ring (bicyclic) bond motifs is 1. The van der Waals surface area contributed by atoms with Crippen molar-refractivity contribution in [1.29, 1.82) is 0 Å². The minimum absolute atomic E-state index is 0.0442. The van der Waals surface area contributed by atoms with E-state index >= 15 is 0 Å². The maximum atomic E-state index is 12.3. The smallest absolute Gasteiger partial charge is 0.187 e. The first-order valence-electron chi connectivity index (χ1n) is 5.96. The molecule has 0 aliphatic rings. The van der Waals surface area contributed by atoms with E-state index in [1.165, 1.54) is 0 Å². The van der Waals surface area contributed by atoms with Crippen LogP contribution in [0.15, 0.2) is 42.7 Å². The molecule has 0 N–H and O–H groups in total. The predicted octanol–water partition coefficient (Wildman–Crippen LogP) is 1.79. The number of carbonyl (C=O) groups excluding carboxylic acids is 1. The van der Waals surface area contributed by atoms with Crippen LogP contribution in [-0.2, 0) is 13.5 Å². The standard InChI is InChI=1S/C14H12N4O/c1-18-9-11(16-17-18)8-13(19)14-12-5-3-2-4-10(12)6-7-15-14/h2-7,9H,8H2,1H3. The van der Waals surface area contributed by atoms with Gasteiger partial charge in [0, 0.05) is 24.8 Å². The van der Waals surface area contributed by atoms with Gasteiger partial charge in [-0.15, -0.1) is 5.10 Å². The molecule has 0 bridgehead atoms. The summed E-state index contributed by atoms with van der Waals surface area (Å²) in [5, 5.41) is 9.63. The Kier molecular flexibility index (Phi) is 2.79. The molecule has 94 valence electrons. The first-order chi connectivity index (χ1) is 9.24. The summed E-state index contributed by atoms with van der Waals surface area (Å²) in [6, 6.07) is 9.62. The number of pyridine rings is 1. The molecule has 0 saturated carbocycles. The number of benzene rings is 1. The van der Waals surface area contributed by atoms with Crippen LogP contribution < -0.4 is 0 Å². The Morgan fingerprint density at radius 3 is 2.89 bits per heavy atom. The van der Waals surface area contributed by atoms with Gasteiger partial charge in [0.1, 0.15) is 5.69 Å². The summed E-state index contributed by atoms with van der Waals surface area (Å²) >= 11 is 0. The molecular formula is C14H12N4O. The van der Waals surface area contributed by atoms with Crippen molar-refractivity contribution < 1.29 is 4.79 Å². The third-order valence-corrected chi connectivity index (χ3v) is 2.93. The molecule has 3 rings (SSSR count). The Labute approximate surface area is 109 Å². The molecule has 0 aliphatic carbocycles. The van der Waals surface area contributed by atoms with Crippen molar-refractivity contribution in [2.75, 3.05) is 0 Å². The number of rotatable bonds is 3. The van der Waals surface area contributed by atoms with Gasteiger partial charge in [0.15, 0.2) is 5.78 Å². The summed E-state index contributed by atoms with van der Waals surface area (Å²) < 4.78 is 1.58. The SMILES string of the molecule is Cn1cc(CC(=O)c2nccc3ccccc23)nn1. The van der Waals surface area contributed by atoms with Crippen molar-refractivity contribution in [2.45, 2.75) is 6.42 Å². The van der Waals surface area contributed by atoms with E-state index in [2.05, 4.69) is 15.3 Å². The van der Waals surface area contributed by atoms with Gasteiger partial charge < -0.3 is 0 Å². The van der Waals surface area contributed by atoms with E-state index in [0.717, 1.165) is 10.8 Å². The fraction of sp³-hybridized carbons (Fsp3) is 0.143. The van der Waals surface area contributed by atoms with Crippen molar-refractivity contribution >= 4 is 16.6 Å². The van der Waals surface area contributed by atoms with Crippen molar-refractivity contribution in [3.05, 3.63) is 54.1 Å². The largest absolute Gasteiger partial charge is 0.292 e. The highest BCUT2D eigenvalue weighted by Gasteiger charge is 2.13. The first kappa shape index (κ1) is 11.5. The molecule has 2 aromatic heterocycles. The van der Waals surface area contributed by atoms with Crippen molar-refractivity contribution in [2.24, 2.45) is 7.05 Å². The lowest BCUT2D eigenvalue weighted by atomic mass is 10.1. The topological polar surface area (TPSA) is 60.7 Å². The quantitative estimate of drug-likeness (QED) is 0.667. The molecule has 3 aromatic rings. The molecular weight excluding hydrogens is 240 g/mol. The van der Waals surface area contributed by atoms with Crippen LogP contribution in [0.4, 0.5) is 0 Å². The van der Waals surface area contributed by atoms with E-state index in [0.29, 0.717) is 11.4 Å². The highest BCUT2D eigenvalue weighted by molar-refractivity contribution is 6.06. The Hall–Kier alpha value is -2.56. The summed E-state index contributed by atoms with van der Waals surface area (Å²) in [7, 11) is 1.77. The molecule has 0 radical (unpaired) electrons. The van der Waals surface area contributed by atoms with Gasteiger partial charge in [-0.3, -0.25) is 14.5 Å². The summed E-state index contributed by atoms with van der Waals surface area (Å²) in [6.45, 7) is 0. The summed E-state index contributed by atoms with van der Waals surface area (Å²) in [6.07, 6.45) is 3.62. The Morgan fingerprint density at radius 1 is 1.26 bits per heavy atom. The molecule has 1 aromatic carbocycles. The first-order valence-corrected chi connectivity index (χ1v) is 5.96. The molecule has 0 saturated heterocycles. The molecule has 0 fully saturated rings. The lowest BCUT2D eigenvalue weighted by molar-refractivity contribution is 0.0989. The van der Waals surface area contributed by atoms with Gasteiger partial charge >= 0.3 is 0 Å². The maximum Gasteiger partial charge on any atom is 0.187 e. The Balaban J connectivity index is 1.97. The van der Waals surface area contributed by atoms with E-state index in [1.807, 2.05) is 30.3 Å². The second kappa shape index (κ2) is 4.61. The number of nitrogens with zero attached hydrogens (tertiary/aromatic N) is 4. The van der Waals surface area contributed by atoms with E-state index in [9.17, 15) is 4.79 Å².